The van der Waals surface area contributed by atoms with E-state index < -0.39 is 5.41 Å². The lowest BCUT2D eigenvalue weighted by atomic mass is 9.67. The Labute approximate surface area is 383 Å². The van der Waals surface area contributed by atoms with Crippen LogP contribution in [-0.2, 0) is 5.41 Å². The van der Waals surface area contributed by atoms with E-state index in [0.717, 1.165) is 72.3 Å². The van der Waals surface area contributed by atoms with Gasteiger partial charge in [0.05, 0.1) is 16.8 Å². The van der Waals surface area contributed by atoms with Crippen LogP contribution in [0.15, 0.2) is 247 Å². The number of hydrogen-bond donors (Lipinski definition) is 0. The molecule has 1 aliphatic rings. The van der Waals surface area contributed by atoms with Crippen LogP contribution in [-0.4, -0.2) is 9.97 Å². The molecule has 0 bridgehead atoms. The second kappa shape index (κ2) is 15.3. The summed E-state index contributed by atoms with van der Waals surface area (Å²) in [5, 5.41) is 4.60. The average molecular weight is 841 g/mol. The van der Waals surface area contributed by atoms with Crippen LogP contribution in [0.1, 0.15) is 22.3 Å². The fourth-order valence-corrected chi connectivity index (χ4v) is 10.5. The largest absolute Gasteiger partial charge is 0.456 e. The lowest BCUT2D eigenvalue weighted by Crippen LogP contribution is -2.28. The highest BCUT2D eigenvalue weighted by Crippen LogP contribution is 2.56. The number of nitrogens with zero attached hydrogens (tertiary/aromatic N) is 2. The third-order valence-corrected chi connectivity index (χ3v) is 13.5. The first-order valence-electron chi connectivity index (χ1n) is 22.5. The molecule has 66 heavy (non-hydrogen) atoms. The Morgan fingerprint density at radius 2 is 0.909 bits per heavy atom. The number of hydrogen-bond acceptors (Lipinski definition) is 3. The van der Waals surface area contributed by atoms with Crippen molar-refractivity contribution in [1.29, 1.82) is 0 Å². The van der Waals surface area contributed by atoms with Gasteiger partial charge in [-0.25, -0.2) is 9.97 Å². The third kappa shape index (κ3) is 6.05. The predicted octanol–water partition coefficient (Wildman–Crippen LogP) is 16.2. The Hall–Kier alpha value is -8.66. The summed E-state index contributed by atoms with van der Waals surface area (Å²) in [6.45, 7) is 0. The van der Waals surface area contributed by atoms with Crippen molar-refractivity contribution < 1.29 is 4.42 Å². The minimum atomic E-state index is -0.484. The smallest absolute Gasteiger partial charge is 0.160 e. The Morgan fingerprint density at radius 3 is 1.71 bits per heavy atom. The van der Waals surface area contributed by atoms with Crippen molar-refractivity contribution in [2.75, 3.05) is 0 Å². The van der Waals surface area contributed by atoms with Crippen molar-refractivity contribution in [1.82, 2.24) is 9.97 Å². The van der Waals surface area contributed by atoms with Crippen molar-refractivity contribution in [3.63, 3.8) is 0 Å². The maximum atomic E-state index is 6.42. The van der Waals surface area contributed by atoms with Crippen LogP contribution in [0.5, 0.6) is 0 Å². The molecule has 0 fully saturated rings. The molecule has 3 nitrogen and oxygen atoms in total. The molecule has 10 aromatic carbocycles. The number of benzene rings is 10. The third-order valence-electron chi connectivity index (χ3n) is 13.5. The van der Waals surface area contributed by atoms with Gasteiger partial charge >= 0.3 is 0 Å². The number of fused-ring (bicyclic) bond motifs is 7. The first kappa shape index (κ1) is 37.9. The summed E-state index contributed by atoms with van der Waals surface area (Å²) in [5.74, 6) is 0.674. The highest BCUT2D eigenvalue weighted by Gasteiger charge is 2.46. The molecule has 13 rings (SSSR count). The maximum Gasteiger partial charge on any atom is 0.160 e. The molecule has 12 aromatic rings. The van der Waals surface area contributed by atoms with E-state index in [0.29, 0.717) is 5.82 Å². The zero-order valence-corrected chi connectivity index (χ0v) is 35.9. The molecule has 0 aliphatic heterocycles. The molecule has 2 aromatic heterocycles. The summed E-state index contributed by atoms with van der Waals surface area (Å²) in [6.07, 6.45) is 0. The molecule has 0 atom stereocenters. The average Bonchev–Trinajstić information content (AvgIpc) is 3.93. The standard InChI is InChI=1S/C63H40N2O/c1-4-18-42(19-5-1)62-64-57(45-33-34-56-54(39-45)52-25-12-14-28-55(52)63(56,49-21-6-2-7-22-49)50-23-8-3-9-24-50)40-58(65-62)48-37-46(44-32-31-41-17-10-11-20-43(41)35-44)36-47(38-48)51-27-16-30-60-61(51)53-26-13-15-29-59(53)66-60/h1-40H. The van der Waals surface area contributed by atoms with Crippen molar-refractivity contribution >= 4 is 32.7 Å². The molecule has 0 amide bonds. The number of aromatic nitrogens is 2. The van der Waals surface area contributed by atoms with Crippen molar-refractivity contribution in [3.05, 3.63) is 265 Å². The van der Waals surface area contributed by atoms with Gasteiger partial charge in [-0.1, -0.05) is 194 Å². The Morgan fingerprint density at radius 1 is 0.318 bits per heavy atom. The van der Waals surface area contributed by atoms with Crippen LogP contribution < -0.4 is 0 Å². The van der Waals surface area contributed by atoms with Crippen LogP contribution in [0.4, 0.5) is 0 Å². The fourth-order valence-electron chi connectivity index (χ4n) is 10.5. The van der Waals surface area contributed by atoms with Gasteiger partial charge in [-0.15, -0.1) is 0 Å². The van der Waals surface area contributed by atoms with E-state index in [1.807, 2.05) is 18.2 Å². The molecule has 0 radical (unpaired) electrons. The summed E-state index contributed by atoms with van der Waals surface area (Å²) in [4.78, 5) is 10.8. The van der Waals surface area contributed by atoms with Gasteiger partial charge in [0.15, 0.2) is 5.82 Å². The monoisotopic (exact) mass is 840 g/mol. The number of furan rings is 1. The van der Waals surface area contributed by atoms with E-state index in [-0.39, 0.29) is 0 Å². The summed E-state index contributed by atoms with van der Waals surface area (Å²) in [5.41, 5.74) is 17.8. The van der Waals surface area contributed by atoms with Crippen LogP contribution in [0.25, 0.3) is 100.0 Å². The van der Waals surface area contributed by atoms with E-state index >= 15 is 0 Å². The summed E-state index contributed by atoms with van der Waals surface area (Å²) < 4.78 is 6.42. The van der Waals surface area contributed by atoms with Crippen LogP contribution in [0.2, 0.25) is 0 Å². The van der Waals surface area contributed by atoms with E-state index in [9.17, 15) is 0 Å². The molecule has 2 heterocycles. The second-order valence-electron chi connectivity index (χ2n) is 17.3. The minimum Gasteiger partial charge on any atom is -0.456 e. The van der Waals surface area contributed by atoms with Gasteiger partial charge in [0.1, 0.15) is 11.2 Å². The lowest BCUT2D eigenvalue weighted by molar-refractivity contribution is 0.669. The highest BCUT2D eigenvalue weighted by molar-refractivity contribution is 6.12. The van der Waals surface area contributed by atoms with Gasteiger partial charge in [-0.2, -0.15) is 0 Å². The van der Waals surface area contributed by atoms with E-state index in [1.165, 1.54) is 44.2 Å². The summed E-state index contributed by atoms with van der Waals surface area (Å²) >= 11 is 0. The molecular weight excluding hydrogens is 801 g/mol. The van der Waals surface area contributed by atoms with Gasteiger partial charge in [-0.05, 0) is 115 Å². The van der Waals surface area contributed by atoms with Gasteiger partial charge in [0.2, 0.25) is 0 Å². The normalized spacial score (nSPS) is 12.7. The summed E-state index contributed by atoms with van der Waals surface area (Å²) in [7, 11) is 0. The van der Waals surface area contributed by atoms with Gasteiger partial charge in [-0.3, -0.25) is 0 Å². The zero-order valence-electron chi connectivity index (χ0n) is 35.9. The van der Waals surface area contributed by atoms with Crippen LogP contribution in [0.3, 0.4) is 0 Å². The molecule has 3 heteroatoms. The first-order valence-corrected chi connectivity index (χ1v) is 22.5. The molecule has 0 unspecified atom stereocenters. The topological polar surface area (TPSA) is 38.9 Å². The maximum absolute atomic E-state index is 6.42. The van der Waals surface area contributed by atoms with Gasteiger partial charge < -0.3 is 4.42 Å². The fraction of sp³-hybridized carbons (Fsp3) is 0.0159. The van der Waals surface area contributed by atoms with Crippen molar-refractivity contribution in [3.8, 4) is 67.3 Å². The van der Waals surface area contributed by atoms with Crippen molar-refractivity contribution in [2.24, 2.45) is 0 Å². The molecule has 0 spiro atoms. The Kier molecular flexibility index (Phi) is 8.75. The minimum absolute atomic E-state index is 0.484. The van der Waals surface area contributed by atoms with Gasteiger partial charge in [0, 0.05) is 27.5 Å². The predicted molar refractivity (Wildman–Crippen MR) is 271 cm³/mol. The SMILES string of the molecule is c1ccc(-c2nc(-c3cc(-c4ccc5ccccc5c4)cc(-c4cccc5oc6ccccc6c45)c3)cc(-c3ccc4c(c3)-c3ccccc3C4(c3ccccc3)c3ccccc3)n2)cc1. The molecule has 308 valence electrons. The highest BCUT2D eigenvalue weighted by atomic mass is 16.3. The first-order chi connectivity index (χ1) is 32.7. The molecule has 0 N–H and O–H groups in total. The summed E-state index contributed by atoms with van der Waals surface area (Å²) in [6, 6.07) is 87.1. The van der Waals surface area contributed by atoms with E-state index in [1.54, 1.807) is 0 Å². The number of rotatable bonds is 7. The quantitative estimate of drug-likeness (QED) is 0.160. The molecule has 0 saturated heterocycles. The molecular formula is C63H40N2O. The Balaban J connectivity index is 1.04. The van der Waals surface area contributed by atoms with E-state index in [2.05, 4.69) is 224 Å². The molecule has 1 aliphatic carbocycles. The lowest BCUT2D eigenvalue weighted by Gasteiger charge is -2.33. The molecule has 0 saturated carbocycles. The van der Waals surface area contributed by atoms with Crippen LogP contribution >= 0.6 is 0 Å². The van der Waals surface area contributed by atoms with Gasteiger partial charge in [0.25, 0.3) is 0 Å². The van der Waals surface area contributed by atoms with Crippen LogP contribution in [0, 0.1) is 0 Å². The Bertz CT molecular complexity index is 3780. The second-order valence-corrected chi connectivity index (χ2v) is 17.3. The number of para-hydroxylation sites is 1. The van der Waals surface area contributed by atoms with E-state index in [4.69, 9.17) is 14.4 Å². The van der Waals surface area contributed by atoms with Crippen molar-refractivity contribution in [2.45, 2.75) is 5.41 Å². The zero-order chi connectivity index (χ0) is 43.6.